The van der Waals surface area contributed by atoms with E-state index in [0.29, 0.717) is 35.7 Å². The van der Waals surface area contributed by atoms with Crippen LogP contribution >= 0.6 is 35.0 Å². The van der Waals surface area contributed by atoms with E-state index in [1.165, 1.54) is 29.7 Å². The van der Waals surface area contributed by atoms with Crippen molar-refractivity contribution in [2.24, 2.45) is 0 Å². The van der Waals surface area contributed by atoms with Crippen LogP contribution in [0.4, 0.5) is 13.2 Å². The first-order chi connectivity index (χ1) is 13.6. The number of carboxylic acid groups (broad SMARTS) is 1. The van der Waals surface area contributed by atoms with Gasteiger partial charge in [-0.2, -0.15) is 13.2 Å². The van der Waals surface area contributed by atoms with Crippen molar-refractivity contribution >= 4 is 46.5 Å². The van der Waals surface area contributed by atoms with E-state index in [4.69, 9.17) is 23.2 Å². The number of halogens is 5. The molecule has 8 heteroatoms. The molecule has 0 saturated heterocycles. The summed E-state index contributed by atoms with van der Waals surface area (Å²) in [7, 11) is 0. The summed E-state index contributed by atoms with van der Waals surface area (Å²) in [6.45, 7) is 0. The molecule has 29 heavy (non-hydrogen) atoms. The number of hydrogen-bond acceptors (Lipinski definition) is 2. The van der Waals surface area contributed by atoms with E-state index < -0.39 is 16.9 Å². The topological polar surface area (TPSA) is 37.3 Å². The highest BCUT2D eigenvalue weighted by molar-refractivity contribution is 8.03. The lowest BCUT2D eigenvalue weighted by molar-refractivity contribution is -0.160. The number of carboxylic acids is 1. The highest BCUT2D eigenvalue weighted by Crippen LogP contribution is 2.60. The van der Waals surface area contributed by atoms with Gasteiger partial charge in [0.05, 0.1) is 5.56 Å². The van der Waals surface area contributed by atoms with Crippen molar-refractivity contribution in [3.05, 3.63) is 73.6 Å². The standard InChI is InChI=1S/C21H15Cl2F3O2S/c22-13-6-12(7-14(23)8-13)20(21(24,25)26)9-11(10-29-20)15-4-5-18(19(27)28)17-3-1-2-16(15)17/h4-8,10H,1-3,9H2,(H,27,28). The summed E-state index contributed by atoms with van der Waals surface area (Å²) in [5, 5.41) is 11.2. The number of aromatic carboxylic acids is 1. The molecule has 0 aromatic heterocycles. The third-order valence-electron chi connectivity index (χ3n) is 5.49. The van der Waals surface area contributed by atoms with E-state index >= 15 is 0 Å². The van der Waals surface area contributed by atoms with Crippen LogP contribution in [0, 0.1) is 0 Å². The smallest absolute Gasteiger partial charge is 0.407 e. The van der Waals surface area contributed by atoms with Crippen LogP contribution in [0.5, 0.6) is 0 Å². The normalized spacial score (nSPS) is 21.2. The molecule has 0 saturated carbocycles. The summed E-state index contributed by atoms with van der Waals surface area (Å²) in [5.41, 5.74) is 3.08. The van der Waals surface area contributed by atoms with Crippen LogP contribution in [0.2, 0.25) is 10.0 Å². The number of thioether (sulfide) groups is 1. The first-order valence-electron chi connectivity index (χ1n) is 8.91. The number of allylic oxidation sites excluding steroid dienone is 1. The molecular weight excluding hydrogens is 444 g/mol. The fourth-order valence-electron chi connectivity index (χ4n) is 4.18. The van der Waals surface area contributed by atoms with Gasteiger partial charge in [0, 0.05) is 16.5 Å². The van der Waals surface area contributed by atoms with Gasteiger partial charge >= 0.3 is 12.1 Å². The minimum atomic E-state index is -4.53. The van der Waals surface area contributed by atoms with Gasteiger partial charge in [0.15, 0.2) is 0 Å². The zero-order valence-electron chi connectivity index (χ0n) is 14.9. The zero-order chi connectivity index (χ0) is 21.0. The molecule has 1 aliphatic heterocycles. The lowest BCUT2D eigenvalue weighted by atomic mass is 9.86. The summed E-state index contributed by atoms with van der Waals surface area (Å²) in [6, 6.07) is 7.15. The van der Waals surface area contributed by atoms with Gasteiger partial charge in [0.1, 0.15) is 4.75 Å². The van der Waals surface area contributed by atoms with Gasteiger partial charge in [-0.25, -0.2) is 4.79 Å². The van der Waals surface area contributed by atoms with E-state index in [-0.39, 0.29) is 27.6 Å². The fourth-order valence-corrected chi connectivity index (χ4v) is 5.88. The molecule has 1 N–H and O–H groups in total. The van der Waals surface area contributed by atoms with Crippen molar-refractivity contribution in [2.45, 2.75) is 36.6 Å². The average Bonchev–Trinajstić information content (AvgIpc) is 3.27. The SMILES string of the molecule is O=C(O)c1ccc(C2=CSC(c3cc(Cl)cc(Cl)c3)(C(F)(F)F)C2)c2c1CCC2. The molecule has 2 aromatic carbocycles. The number of alkyl halides is 3. The van der Waals surface area contributed by atoms with Crippen LogP contribution in [0.25, 0.3) is 5.57 Å². The molecule has 1 heterocycles. The van der Waals surface area contributed by atoms with Crippen molar-refractivity contribution in [3.63, 3.8) is 0 Å². The zero-order valence-corrected chi connectivity index (χ0v) is 17.3. The Hall–Kier alpha value is -1.63. The van der Waals surface area contributed by atoms with Gasteiger partial charge in [-0.05, 0) is 76.8 Å². The van der Waals surface area contributed by atoms with E-state index in [2.05, 4.69) is 0 Å². The molecular formula is C21H15Cl2F3O2S. The van der Waals surface area contributed by atoms with Gasteiger partial charge in [-0.3, -0.25) is 0 Å². The van der Waals surface area contributed by atoms with Gasteiger partial charge in [-0.15, -0.1) is 11.8 Å². The number of benzene rings is 2. The molecule has 4 rings (SSSR count). The Labute approximate surface area is 179 Å². The second-order valence-corrected chi connectivity index (χ2v) is 9.24. The minimum absolute atomic E-state index is 0.0116. The van der Waals surface area contributed by atoms with Crippen LogP contribution in [0.1, 0.15) is 45.5 Å². The average molecular weight is 459 g/mol. The van der Waals surface area contributed by atoms with Crippen molar-refractivity contribution in [2.75, 3.05) is 0 Å². The van der Waals surface area contributed by atoms with Crippen LogP contribution in [-0.4, -0.2) is 17.3 Å². The Kier molecular flexibility index (Phi) is 5.16. The van der Waals surface area contributed by atoms with Crippen molar-refractivity contribution in [1.82, 2.24) is 0 Å². The van der Waals surface area contributed by atoms with Gasteiger partial charge in [-0.1, -0.05) is 29.3 Å². The summed E-state index contributed by atoms with van der Waals surface area (Å²) in [4.78, 5) is 11.5. The van der Waals surface area contributed by atoms with Crippen LogP contribution in [0.3, 0.4) is 0 Å². The quantitative estimate of drug-likeness (QED) is 0.531. The Balaban J connectivity index is 1.79. The maximum absolute atomic E-state index is 14.3. The molecule has 2 aromatic rings. The third-order valence-corrected chi connectivity index (χ3v) is 7.34. The van der Waals surface area contributed by atoms with Crippen LogP contribution in [0.15, 0.2) is 35.7 Å². The van der Waals surface area contributed by atoms with Crippen molar-refractivity contribution < 1.29 is 23.1 Å². The Morgan fingerprint density at radius 1 is 1.07 bits per heavy atom. The Bertz CT molecular complexity index is 1030. The summed E-state index contributed by atoms with van der Waals surface area (Å²) < 4.78 is 40.7. The van der Waals surface area contributed by atoms with Crippen LogP contribution < -0.4 is 0 Å². The fraction of sp³-hybridized carbons (Fsp3) is 0.286. The molecule has 1 atom stereocenters. The molecule has 2 aliphatic rings. The Morgan fingerprint density at radius 2 is 1.72 bits per heavy atom. The summed E-state index contributed by atoms with van der Waals surface area (Å²) >= 11 is 12.7. The maximum atomic E-state index is 14.3. The molecule has 2 nitrogen and oxygen atoms in total. The molecule has 1 aliphatic carbocycles. The van der Waals surface area contributed by atoms with Crippen molar-refractivity contribution in [1.29, 1.82) is 0 Å². The van der Waals surface area contributed by atoms with E-state index in [9.17, 15) is 23.1 Å². The van der Waals surface area contributed by atoms with Gasteiger partial charge in [0.2, 0.25) is 0 Å². The number of fused-ring (bicyclic) bond motifs is 1. The second kappa shape index (κ2) is 7.25. The first-order valence-corrected chi connectivity index (χ1v) is 10.5. The molecule has 0 fully saturated rings. The highest BCUT2D eigenvalue weighted by atomic mass is 35.5. The number of carbonyl (C=O) groups is 1. The number of rotatable bonds is 3. The first kappa shape index (κ1) is 20.6. The molecule has 0 radical (unpaired) electrons. The van der Waals surface area contributed by atoms with E-state index in [0.717, 1.165) is 17.5 Å². The molecule has 152 valence electrons. The lowest BCUT2D eigenvalue weighted by Crippen LogP contribution is -2.37. The van der Waals surface area contributed by atoms with Gasteiger partial charge in [0.25, 0.3) is 0 Å². The second-order valence-electron chi connectivity index (χ2n) is 7.20. The molecule has 0 bridgehead atoms. The minimum Gasteiger partial charge on any atom is -0.478 e. The van der Waals surface area contributed by atoms with Crippen LogP contribution in [-0.2, 0) is 17.6 Å². The predicted octanol–water partition coefficient (Wildman–Crippen LogP) is 7.12. The van der Waals surface area contributed by atoms with E-state index in [1.807, 2.05) is 0 Å². The molecule has 0 amide bonds. The maximum Gasteiger partial charge on any atom is 0.407 e. The Morgan fingerprint density at radius 3 is 2.34 bits per heavy atom. The summed E-state index contributed by atoms with van der Waals surface area (Å²) in [6.07, 6.45) is -2.72. The molecule has 0 spiro atoms. The highest BCUT2D eigenvalue weighted by Gasteiger charge is 2.58. The summed E-state index contributed by atoms with van der Waals surface area (Å²) in [5.74, 6) is -1.01. The van der Waals surface area contributed by atoms with Crippen molar-refractivity contribution in [3.8, 4) is 0 Å². The largest absolute Gasteiger partial charge is 0.478 e. The monoisotopic (exact) mass is 458 g/mol. The van der Waals surface area contributed by atoms with Gasteiger partial charge < -0.3 is 5.11 Å². The number of hydrogen-bond donors (Lipinski definition) is 1. The third kappa shape index (κ3) is 3.45. The van der Waals surface area contributed by atoms with E-state index in [1.54, 1.807) is 6.07 Å². The molecule has 1 unspecified atom stereocenters. The predicted molar refractivity (Wildman–Crippen MR) is 110 cm³/mol. The lowest BCUT2D eigenvalue weighted by Gasteiger charge is -2.32.